The van der Waals surface area contributed by atoms with Crippen molar-refractivity contribution in [1.82, 2.24) is 4.90 Å². The molecule has 0 atom stereocenters. The first kappa shape index (κ1) is 14.2. The minimum absolute atomic E-state index is 0.0106. The molecular formula is C16H19N3O. The van der Waals surface area contributed by atoms with Gasteiger partial charge in [-0.25, -0.2) is 9.98 Å². The van der Waals surface area contributed by atoms with Crippen LogP contribution in [0.25, 0.3) is 0 Å². The monoisotopic (exact) mass is 269 g/mol. The van der Waals surface area contributed by atoms with E-state index in [1.165, 1.54) is 0 Å². The lowest BCUT2D eigenvalue weighted by atomic mass is 9.98. The predicted molar refractivity (Wildman–Crippen MR) is 82.4 cm³/mol. The minimum Gasteiger partial charge on any atom is -0.347 e. The molecule has 0 unspecified atom stereocenters. The average molecular weight is 269 g/mol. The number of nitrogens with zero attached hydrogens (tertiary/aromatic N) is 3. The van der Waals surface area contributed by atoms with Gasteiger partial charge < -0.3 is 4.90 Å². The van der Waals surface area contributed by atoms with Gasteiger partial charge in [0.2, 0.25) is 5.96 Å². The number of aliphatic imine (C=N–C) groups is 2. The number of carbonyl (C=O) groups is 1. The normalized spacial score (nSPS) is 16.6. The van der Waals surface area contributed by atoms with Crippen LogP contribution in [-0.4, -0.2) is 36.4 Å². The third kappa shape index (κ3) is 2.54. The van der Waals surface area contributed by atoms with Crippen LogP contribution in [0.1, 0.15) is 29.8 Å². The fourth-order valence-electron chi connectivity index (χ4n) is 2.10. The summed E-state index contributed by atoms with van der Waals surface area (Å²) in [5.41, 5.74) is 3.80. The summed E-state index contributed by atoms with van der Waals surface area (Å²) in [6.45, 7) is 5.63. The molecule has 1 aromatic carbocycles. The Kier molecular flexibility index (Phi) is 3.84. The topological polar surface area (TPSA) is 45.0 Å². The molecule has 1 aliphatic rings. The van der Waals surface area contributed by atoms with Crippen molar-refractivity contribution < 1.29 is 4.79 Å². The number of Topliss-reactive ketones (excluding diaryl/α,β-unsaturated/α-hetero) is 1. The van der Waals surface area contributed by atoms with Crippen LogP contribution in [0, 0.1) is 6.92 Å². The summed E-state index contributed by atoms with van der Waals surface area (Å²) in [5, 5.41) is 0. The highest BCUT2D eigenvalue weighted by molar-refractivity contribution is 6.18. The Morgan fingerprint density at radius 1 is 1.10 bits per heavy atom. The molecule has 0 saturated heterocycles. The van der Waals surface area contributed by atoms with Crippen LogP contribution in [0.15, 0.2) is 45.5 Å². The molecule has 0 fully saturated rings. The van der Waals surface area contributed by atoms with Crippen LogP contribution < -0.4 is 0 Å². The van der Waals surface area contributed by atoms with Crippen molar-refractivity contribution in [3.8, 4) is 0 Å². The highest BCUT2D eigenvalue weighted by atomic mass is 16.1. The van der Waals surface area contributed by atoms with E-state index in [-0.39, 0.29) is 5.78 Å². The van der Waals surface area contributed by atoms with Gasteiger partial charge in [-0.1, -0.05) is 24.3 Å². The molecule has 2 rings (SSSR count). The molecular weight excluding hydrogens is 250 g/mol. The Morgan fingerprint density at radius 2 is 1.75 bits per heavy atom. The van der Waals surface area contributed by atoms with Gasteiger partial charge in [-0.2, -0.15) is 0 Å². The van der Waals surface area contributed by atoms with Gasteiger partial charge in [0.25, 0.3) is 0 Å². The second-order valence-corrected chi connectivity index (χ2v) is 5.12. The van der Waals surface area contributed by atoms with Crippen LogP contribution >= 0.6 is 0 Å². The largest absolute Gasteiger partial charge is 0.347 e. The fourth-order valence-corrected chi connectivity index (χ4v) is 2.10. The minimum atomic E-state index is 0.0106. The van der Waals surface area contributed by atoms with E-state index in [1.807, 2.05) is 64.0 Å². The van der Waals surface area contributed by atoms with E-state index in [9.17, 15) is 4.79 Å². The van der Waals surface area contributed by atoms with E-state index in [2.05, 4.69) is 9.98 Å². The Morgan fingerprint density at radius 3 is 2.30 bits per heavy atom. The Hall–Kier alpha value is -2.23. The summed E-state index contributed by atoms with van der Waals surface area (Å²) in [7, 11) is 3.77. The maximum atomic E-state index is 12.6. The van der Waals surface area contributed by atoms with Crippen molar-refractivity contribution in [2.24, 2.45) is 9.98 Å². The molecule has 0 aromatic heterocycles. The summed E-state index contributed by atoms with van der Waals surface area (Å²) in [6.07, 6.45) is 0. The third-order valence-electron chi connectivity index (χ3n) is 3.31. The third-order valence-corrected chi connectivity index (χ3v) is 3.31. The fraction of sp³-hybridized carbons (Fsp3) is 0.312. The summed E-state index contributed by atoms with van der Waals surface area (Å²) in [5.74, 6) is 0.644. The molecule has 0 N–H and O–H groups in total. The summed E-state index contributed by atoms with van der Waals surface area (Å²) in [6, 6.07) is 7.59. The maximum absolute atomic E-state index is 12.6. The second-order valence-electron chi connectivity index (χ2n) is 5.12. The number of hydrogen-bond donors (Lipinski definition) is 0. The smallest absolute Gasteiger partial charge is 0.225 e. The van der Waals surface area contributed by atoms with Crippen LogP contribution in [-0.2, 0) is 0 Å². The van der Waals surface area contributed by atoms with Crippen LogP contribution in [0.2, 0.25) is 0 Å². The van der Waals surface area contributed by atoms with Crippen molar-refractivity contribution in [2.45, 2.75) is 20.8 Å². The summed E-state index contributed by atoms with van der Waals surface area (Å²) in [4.78, 5) is 23.2. The highest BCUT2D eigenvalue weighted by Gasteiger charge is 2.21. The zero-order valence-electron chi connectivity index (χ0n) is 12.6. The molecule has 0 aliphatic carbocycles. The zero-order chi connectivity index (χ0) is 14.9. The van der Waals surface area contributed by atoms with E-state index in [0.29, 0.717) is 17.2 Å². The lowest BCUT2D eigenvalue weighted by Gasteiger charge is -2.07. The quantitative estimate of drug-likeness (QED) is 0.612. The first-order valence-electron chi connectivity index (χ1n) is 6.54. The van der Waals surface area contributed by atoms with Crippen molar-refractivity contribution in [1.29, 1.82) is 0 Å². The molecule has 4 nitrogen and oxygen atoms in total. The second kappa shape index (κ2) is 5.41. The SMILES string of the molecule is CC1=NC(N(C)C)=N/C1=C(\C)C(=O)c1ccccc1C. The Labute approximate surface area is 119 Å². The van der Waals surface area contributed by atoms with Crippen LogP contribution in [0.4, 0.5) is 0 Å². The molecule has 0 spiro atoms. The van der Waals surface area contributed by atoms with E-state index in [0.717, 1.165) is 16.8 Å². The molecule has 0 radical (unpaired) electrons. The number of aryl methyl sites for hydroxylation is 1. The van der Waals surface area contributed by atoms with Gasteiger partial charge in [-0.05, 0) is 26.3 Å². The number of benzene rings is 1. The molecule has 0 amide bonds. The molecule has 1 heterocycles. The van der Waals surface area contributed by atoms with Crippen LogP contribution in [0.3, 0.4) is 0 Å². The molecule has 4 heteroatoms. The predicted octanol–water partition coefficient (Wildman–Crippen LogP) is 2.84. The van der Waals surface area contributed by atoms with Gasteiger partial charge >= 0.3 is 0 Å². The number of carbonyl (C=O) groups excluding carboxylic acids is 1. The molecule has 0 saturated carbocycles. The van der Waals surface area contributed by atoms with Gasteiger partial charge in [0.1, 0.15) is 0 Å². The van der Waals surface area contributed by atoms with Gasteiger partial charge in [0.05, 0.1) is 11.4 Å². The first-order chi connectivity index (χ1) is 9.41. The highest BCUT2D eigenvalue weighted by Crippen LogP contribution is 2.20. The Balaban J connectivity index is 2.44. The number of rotatable bonds is 2. The number of allylic oxidation sites excluding steroid dienone is 2. The average Bonchev–Trinajstić information content (AvgIpc) is 2.80. The van der Waals surface area contributed by atoms with Crippen molar-refractivity contribution in [3.05, 3.63) is 46.7 Å². The summed E-state index contributed by atoms with van der Waals surface area (Å²) >= 11 is 0. The molecule has 1 aromatic rings. The van der Waals surface area contributed by atoms with E-state index in [4.69, 9.17) is 0 Å². The number of ketones is 1. The van der Waals surface area contributed by atoms with Gasteiger partial charge in [-0.15, -0.1) is 0 Å². The Bertz CT molecular complexity index is 651. The van der Waals surface area contributed by atoms with Crippen molar-refractivity contribution in [2.75, 3.05) is 14.1 Å². The lowest BCUT2D eigenvalue weighted by molar-refractivity contribution is 0.103. The van der Waals surface area contributed by atoms with Crippen molar-refractivity contribution >= 4 is 17.5 Å². The lowest BCUT2D eigenvalue weighted by Crippen LogP contribution is -2.18. The van der Waals surface area contributed by atoms with Crippen molar-refractivity contribution in [3.63, 3.8) is 0 Å². The van der Waals surface area contributed by atoms with Crippen LogP contribution in [0.5, 0.6) is 0 Å². The molecule has 20 heavy (non-hydrogen) atoms. The van der Waals surface area contributed by atoms with Gasteiger partial charge in [0, 0.05) is 25.2 Å². The van der Waals surface area contributed by atoms with Gasteiger partial charge in [0.15, 0.2) is 5.78 Å². The maximum Gasteiger partial charge on any atom is 0.225 e. The van der Waals surface area contributed by atoms with E-state index in [1.54, 1.807) is 0 Å². The number of hydrogen-bond acceptors (Lipinski definition) is 4. The van der Waals surface area contributed by atoms with E-state index >= 15 is 0 Å². The zero-order valence-corrected chi connectivity index (χ0v) is 12.6. The first-order valence-corrected chi connectivity index (χ1v) is 6.54. The molecule has 0 bridgehead atoms. The molecule has 1 aliphatic heterocycles. The number of guanidine groups is 1. The van der Waals surface area contributed by atoms with Gasteiger partial charge in [-0.3, -0.25) is 4.79 Å². The summed E-state index contributed by atoms with van der Waals surface area (Å²) < 4.78 is 0. The van der Waals surface area contributed by atoms with E-state index < -0.39 is 0 Å². The molecule has 104 valence electrons. The standard InChI is InChI=1S/C16H19N3O/c1-10-8-6-7-9-13(10)15(20)11(2)14-12(3)17-16(18-14)19(4)5/h6-9H,1-5H3/b14-11+.